The van der Waals surface area contributed by atoms with Crippen LogP contribution in [0.25, 0.3) is 6.08 Å². The van der Waals surface area contributed by atoms with Crippen LogP contribution in [0, 0.1) is 6.92 Å². The molecule has 1 saturated heterocycles. The van der Waals surface area contributed by atoms with E-state index in [0.29, 0.717) is 0 Å². The van der Waals surface area contributed by atoms with Gasteiger partial charge >= 0.3 is 7.12 Å². The van der Waals surface area contributed by atoms with E-state index in [4.69, 9.17) is 9.31 Å². The van der Waals surface area contributed by atoms with Gasteiger partial charge in [-0.1, -0.05) is 28.0 Å². The molecule has 0 aromatic heterocycles. The second-order valence-corrected chi connectivity index (χ2v) is 7.06. The van der Waals surface area contributed by atoms with Crippen LogP contribution in [-0.4, -0.2) is 23.4 Å². The van der Waals surface area contributed by atoms with Gasteiger partial charge < -0.3 is 14.4 Å². The number of aromatic hydroxyl groups is 1. The first-order valence-electron chi connectivity index (χ1n) is 6.65. The molecule has 1 aromatic carbocycles. The summed E-state index contributed by atoms with van der Waals surface area (Å²) in [6, 6.07) is 3.74. The van der Waals surface area contributed by atoms with Crippen LogP contribution in [0.5, 0.6) is 5.75 Å². The van der Waals surface area contributed by atoms with E-state index in [0.717, 1.165) is 15.6 Å². The summed E-state index contributed by atoms with van der Waals surface area (Å²) >= 11 is 3.43. The molecular formula is C15H20BBrO3. The first-order valence-corrected chi connectivity index (χ1v) is 7.45. The number of aryl methyl sites for hydroxylation is 1. The van der Waals surface area contributed by atoms with E-state index >= 15 is 0 Å². The van der Waals surface area contributed by atoms with Gasteiger partial charge in [-0.2, -0.15) is 0 Å². The Balaban J connectivity index is 2.20. The van der Waals surface area contributed by atoms with E-state index in [1.54, 1.807) is 0 Å². The van der Waals surface area contributed by atoms with E-state index in [1.165, 1.54) is 0 Å². The zero-order valence-electron chi connectivity index (χ0n) is 12.5. The summed E-state index contributed by atoms with van der Waals surface area (Å²) in [4.78, 5) is 0. The molecule has 1 N–H and O–H groups in total. The van der Waals surface area contributed by atoms with Crippen LogP contribution in [-0.2, 0) is 9.31 Å². The number of benzene rings is 1. The fourth-order valence-corrected chi connectivity index (χ4v) is 2.63. The van der Waals surface area contributed by atoms with Gasteiger partial charge in [-0.25, -0.2) is 0 Å². The molecule has 0 amide bonds. The lowest BCUT2D eigenvalue weighted by atomic mass is 9.89. The molecule has 2 rings (SSSR count). The molecule has 1 fully saturated rings. The third kappa shape index (κ3) is 2.95. The monoisotopic (exact) mass is 338 g/mol. The topological polar surface area (TPSA) is 38.7 Å². The highest BCUT2D eigenvalue weighted by atomic mass is 79.9. The molecule has 3 nitrogen and oxygen atoms in total. The van der Waals surface area contributed by atoms with E-state index in [-0.39, 0.29) is 17.0 Å². The zero-order valence-corrected chi connectivity index (χ0v) is 14.1. The molecule has 0 spiro atoms. The number of rotatable bonds is 2. The molecule has 1 heterocycles. The molecule has 0 bridgehead atoms. The molecular weight excluding hydrogens is 319 g/mol. The van der Waals surface area contributed by atoms with Crippen molar-refractivity contribution < 1.29 is 14.4 Å². The van der Waals surface area contributed by atoms with Gasteiger partial charge in [0.25, 0.3) is 0 Å². The number of hydrogen-bond donors (Lipinski definition) is 1. The minimum absolute atomic E-state index is 0.279. The summed E-state index contributed by atoms with van der Waals surface area (Å²) < 4.78 is 12.7. The molecule has 1 aromatic rings. The van der Waals surface area contributed by atoms with Gasteiger partial charge in [-0.15, -0.1) is 0 Å². The second-order valence-electron chi connectivity index (χ2n) is 6.14. The maximum absolute atomic E-state index is 10.0. The minimum Gasteiger partial charge on any atom is -0.507 e. The Morgan fingerprint density at radius 3 is 2.25 bits per heavy atom. The predicted molar refractivity (Wildman–Crippen MR) is 85.7 cm³/mol. The summed E-state index contributed by atoms with van der Waals surface area (Å²) in [5.74, 6) is 2.11. The Kier molecular flexibility index (Phi) is 4.06. The first kappa shape index (κ1) is 15.6. The van der Waals surface area contributed by atoms with Crippen molar-refractivity contribution in [3.63, 3.8) is 0 Å². The molecule has 1 aliphatic rings. The Morgan fingerprint density at radius 1 is 1.15 bits per heavy atom. The standard InChI is InChI=1S/C15H20BBrO3/c1-10-8-12(17)9-11(13(10)18)6-7-16-19-14(2,3)15(4,5)20-16/h6-9,18H,1-5H3/b7-6+. The fraction of sp³-hybridized carbons (Fsp3) is 0.467. The van der Waals surface area contributed by atoms with Crippen LogP contribution in [0.15, 0.2) is 22.6 Å². The lowest BCUT2D eigenvalue weighted by Gasteiger charge is -2.32. The lowest BCUT2D eigenvalue weighted by Crippen LogP contribution is -2.41. The van der Waals surface area contributed by atoms with Gasteiger partial charge in [0.1, 0.15) is 5.75 Å². The highest BCUT2D eigenvalue weighted by Gasteiger charge is 2.49. The van der Waals surface area contributed by atoms with Gasteiger partial charge in [0.15, 0.2) is 0 Å². The maximum Gasteiger partial charge on any atom is 0.487 e. The maximum atomic E-state index is 10.0. The van der Waals surface area contributed by atoms with Crippen molar-refractivity contribution in [2.24, 2.45) is 0 Å². The van der Waals surface area contributed by atoms with Crippen LogP contribution < -0.4 is 0 Å². The third-order valence-corrected chi connectivity index (χ3v) is 4.46. The van der Waals surface area contributed by atoms with Crippen molar-refractivity contribution in [2.45, 2.75) is 45.8 Å². The number of hydrogen-bond acceptors (Lipinski definition) is 3. The van der Waals surface area contributed by atoms with Crippen molar-refractivity contribution in [2.75, 3.05) is 0 Å². The predicted octanol–water partition coefficient (Wildman–Crippen LogP) is 4.11. The van der Waals surface area contributed by atoms with Crippen molar-refractivity contribution in [3.8, 4) is 5.75 Å². The van der Waals surface area contributed by atoms with Gasteiger partial charge in [-0.05, 0) is 52.3 Å². The van der Waals surface area contributed by atoms with Crippen molar-refractivity contribution in [1.29, 1.82) is 0 Å². The molecule has 0 radical (unpaired) electrons. The minimum atomic E-state index is -0.404. The van der Waals surface area contributed by atoms with E-state index in [1.807, 2.05) is 58.8 Å². The normalized spacial score (nSPS) is 20.8. The largest absolute Gasteiger partial charge is 0.507 e. The van der Waals surface area contributed by atoms with Gasteiger partial charge in [0.05, 0.1) is 11.2 Å². The third-order valence-electron chi connectivity index (χ3n) is 4.00. The highest BCUT2D eigenvalue weighted by Crippen LogP contribution is 2.37. The molecule has 0 aliphatic carbocycles. The van der Waals surface area contributed by atoms with Crippen LogP contribution >= 0.6 is 15.9 Å². The quantitative estimate of drug-likeness (QED) is 0.825. The summed E-state index contributed by atoms with van der Waals surface area (Å²) in [7, 11) is -0.404. The SMILES string of the molecule is Cc1cc(Br)cc(/C=C/B2OC(C)(C)C(C)(C)O2)c1O. The number of phenolic OH excluding ortho intramolecular Hbond substituents is 1. The van der Waals surface area contributed by atoms with Crippen molar-refractivity contribution >= 4 is 29.1 Å². The summed E-state index contributed by atoms with van der Waals surface area (Å²) in [6.45, 7) is 9.93. The number of phenols is 1. The van der Waals surface area contributed by atoms with E-state index in [9.17, 15) is 5.11 Å². The lowest BCUT2D eigenvalue weighted by molar-refractivity contribution is 0.00578. The first-order chi connectivity index (χ1) is 9.12. The van der Waals surface area contributed by atoms with Crippen LogP contribution in [0.2, 0.25) is 0 Å². The van der Waals surface area contributed by atoms with E-state index < -0.39 is 7.12 Å². The van der Waals surface area contributed by atoms with Gasteiger partial charge in [-0.3, -0.25) is 0 Å². The molecule has 0 atom stereocenters. The summed E-state index contributed by atoms with van der Waals surface area (Å²) in [5.41, 5.74) is 0.869. The Bertz CT molecular complexity index is 536. The Morgan fingerprint density at radius 2 is 1.70 bits per heavy atom. The summed E-state index contributed by atoms with van der Waals surface area (Å²) in [6.07, 6.45) is 1.83. The summed E-state index contributed by atoms with van der Waals surface area (Å²) in [5, 5.41) is 10.0. The second kappa shape index (κ2) is 5.21. The highest BCUT2D eigenvalue weighted by molar-refractivity contribution is 9.10. The average Bonchev–Trinajstić information content (AvgIpc) is 2.50. The van der Waals surface area contributed by atoms with Crippen LogP contribution in [0.4, 0.5) is 0 Å². The zero-order chi connectivity index (χ0) is 15.1. The van der Waals surface area contributed by atoms with Crippen molar-refractivity contribution in [1.82, 2.24) is 0 Å². The van der Waals surface area contributed by atoms with E-state index in [2.05, 4.69) is 15.9 Å². The van der Waals surface area contributed by atoms with Gasteiger partial charge in [0, 0.05) is 10.0 Å². The molecule has 0 saturated carbocycles. The fourth-order valence-electron chi connectivity index (χ4n) is 2.04. The Hall–Kier alpha value is -0.775. The smallest absolute Gasteiger partial charge is 0.487 e. The molecule has 1 aliphatic heterocycles. The average molecular weight is 339 g/mol. The van der Waals surface area contributed by atoms with Crippen molar-refractivity contribution in [3.05, 3.63) is 33.7 Å². The molecule has 5 heteroatoms. The van der Waals surface area contributed by atoms with Crippen LogP contribution in [0.1, 0.15) is 38.8 Å². The number of halogens is 1. The van der Waals surface area contributed by atoms with Crippen LogP contribution in [0.3, 0.4) is 0 Å². The molecule has 0 unspecified atom stereocenters. The molecule has 20 heavy (non-hydrogen) atoms. The van der Waals surface area contributed by atoms with Gasteiger partial charge in [0.2, 0.25) is 0 Å². The molecule has 108 valence electrons. The Labute approximate surface area is 129 Å².